The van der Waals surface area contributed by atoms with Crippen molar-refractivity contribution in [2.45, 2.75) is 13.5 Å². The third kappa shape index (κ3) is 2.14. The SMILES string of the molecule is Cc1c(CO)cc([N+](=O)[O-])c(NN)c1[N+](=O)[O-]. The Bertz CT molecular complexity index is 487. The molecule has 0 atom stereocenters. The van der Waals surface area contributed by atoms with Gasteiger partial charge in [-0.05, 0) is 12.5 Å². The van der Waals surface area contributed by atoms with Crippen LogP contribution >= 0.6 is 0 Å². The summed E-state index contributed by atoms with van der Waals surface area (Å²) in [6, 6.07) is 1.05. The van der Waals surface area contributed by atoms with Gasteiger partial charge in [0.15, 0.2) is 0 Å². The van der Waals surface area contributed by atoms with Crippen molar-refractivity contribution in [2.75, 3.05) is 5.43 Å². The Morgan fingerprint density at radius 2 is 2.00 bits per heavy atom. The van der Waals surface area contributed by atoms with E-state index in [4.69, 9.17) is 10.9 Å². The molecule has 0 spiro atoms. The van der Waals surface area contributed by atoms with Crippen LogP contribution in [0.15, 0.2) is 6.07 Å². The van der Waals surface area contributed by atoms with E-state index in [1.165, 1.54) is 6.92 Å². The molecule has 0 amide bonds. The fourth-order valence-corrected chi connectivity index (χ4v) is 1.49. The second kappa shape index (κ2) is 4.72. The van der Waals surface area contributed by atoms with Crippen molar-refractivity contribution in [3.05, 3.63) is 37.4 Å². The summed E-state index contributed by atoms with van der Waals surface area (Å²) in [5.41, 5.74) is 0.767. The third-order valence-corrected chi connectivity index (χ3v) is 2.33. The van der Waals surface area contributed by atoms with Crippen LogP contribution in [0.1, 0.15) is 11.1 Å². The lowest BCUT2D eigenvalue weighted by Gasteiger charge is -2.08. The minimum Gasteiger partial charge on any atom is -0.392 e. The van der Waals surface area contributed by atoms with Gasteiger partial charge in [0.2, 0.25) is 5.69 Å². The predicted molar refractivity (Wildman–Crippen MR) is 58.2 cm³/mol. The number of anilines is 1. The summed E-state index contributed by atoms with van der Waals surface area (Å²) in [4.78, 5) is 20.0. The van der Waals surface area contributed by atoms with Crippen LogP contribution in [0.2, 0.25) is 0 Å². The van der Waals surface area contributed by atoms with E-state index in [2.05, 4.69) is 0 Å². The first kappa shape index (κ1) is 12.8. The number of hydrazine groups is 1. The van der Waals surface area contributed by atoms with Crippen molar-refractivity contribution in [1.82, 2.24) is 0 Å². The number of hydrogen-bond donors (Lipinski definition) is 3. The second-order valence-corrected chi connectivity index (χ2v) is 3.22. The fourth-order valence-electron chi connectivity index (χ4n) is 1.49. The summed E-state index contributed by atoms with van der Waals surface area (Å²) in [6.07, 6.45) is 0. The minimum absolute atomic E-state index is 0.113. The summed E-state index contributed by atoms with van der Waals surface area (Å²) in [5.74, 6) is 5.07. The predicted octanol–water partition coefficient (Wildman–Crippen LogP) is 0.589. The summed E-state index contributed by atoms with van der Waals surface area (Å²) >= 11 is 0. The molecular weight excluding hydrogens is 232 g/mol. The molecule has 0 saturated heterocycles. The van der Waals surface area contributed by atoms with Crippen LogP contribution in [-0.4, -0.2) is 15.0 Å². The number of aliphatic hydroxyl groups excluding tert-OH is 1. The van der Waals surface area contributed by atoms with E-state index in [9.17, 15) is 20.2 Å². The highest BCUT2D eigenvalue weighted by Crippen LogP contribution is 2.38. The number of nitro benzene ring substituents is 2. The monoisotopic (exact) mass is 242 g/mol. The Hall–Kier alpha value is -2.26. The maximum absolute atomic E-state index is 10.9. The number of aliphatic hydroxyl groups is 1. The molecule has 92 valence electrons. The molecule has 0 aromatic heterocycles. The van der Waals surface area contributed by atoms with Crippen LogP contribution in [-0.2, 0) is 6.61 Å². The first-order valence-electron chi connectivity index (χ1n) is 4.46. The smallest absolute Gasteiger partial charge is 0.304 e. The van der Waals surface area contributed by atoms with Crippen molar-refractivity contribution in [2.24, 2.45) is 5.84 Å². The number of nitrogens with one attached hydrogen (secondary N) is 1. The molecule has 9 heteroatoms. The molecule has 0 aliphatic heterocycles. The van der Waals surface area contributed by atoms with Crippen LogP contribution in [0.25, 0.3) is 0 Å². The molecule has 0 saturated carbocycles. The molecule has 0 bridgehead atoms. The lowest BCUT2D eigenvalue weighted by molar-refractivity contribution is -0.392. The Balaban J connectivity index is 3.70. The van der Waals surface area contributed by atoms with Gasteiger partial charge in [0.05, 0.1) is 16.5 Å². The molecule has 1 aromatic carbocycles. The Morgan fingerprint density at radius 1 is 1.41 bits per heavy atom. The molecular formula is C8H10N4O5. The average molecular weight is 242 g/mol. The number of rotatable bonds is 4. The van der Waals surface area contributed by atoms with Gasteiger partial charge in [-0.3, -0.25) is 26.1 Å². The topological polar surface area (TPSA) is 145 Å². The molecule has 0 radical (unpaired) electrons. The van der Waals surface area contributed by atoms with Crippen molar-refractivity contribution < 1.29 is 15.0 Å². The molecule has 1 rings (SSSR count). The normalized spacial score (nSPS) is 10.1. The number of nitrogen functional groups attached to an aromatic ring is 1. The first-order chi connectivity index (χ1) is 7.93. The van der Waals surface area contributed by atoms with Crippen LogP contribution in [0, 0.1) is 27.2 Å². The van der Waals surface area contributed by atoms with Gasteiger partial charge >= 0.3 is 11.4 Å². The van der Waals surface area contributed by atoms with Gasteiger partial charge < -0.3 is 10.5 Å². The molecule has 0 aliphatic rings. The quantitative estimate of drug-likeness (QED) is 0.398. The van der Waals surface area contributed by atoms with Gasteiger partial charge in [-0.25, -0.2) is 0 Å². The highest BCUT2D eigenvalue weighted by Gasteiger charge is 2.29. The van der Waals surface area contributed by atoms with Crippen molar-refractivity contribution >= 4 is 17.1 Å². The summed E-state index contributed by atoms with van der Waals surface area (Å²) in [7, 11) is 0. The second-order valence-electron chi connectivity index (χ2n) is 3.22. The van der Waals surface area contributed by atoms with Crippen molar-refractivity contribution in [3.8, 4) is 0 Å². The first-order valence-corrected chi connectivity index (χ1v) is 4.46. The summed E-state index contributed by atoms with van der Waals surface area (Å²) < 4.78 is 0. The van der Waals surface area contributed by atoms with Crippen molar-refractivity contribution in [3.63, 3.8) is 0 Å². The highest BCUT2D eigenvalue weighted by atomic mass is 16.6. The van der Waals surface area contributed by atoms with Crippen LogP contribution in [0.5, 0.6) is 0 Å². The van der Waals surface area contributed by atoms with Gasteiger partial charge in [-0.15, -0.1) is 0 Å². The molecule has 0 unspecified atom stereocenters. The van der Waals surface area contributed by atoms with E-state index in [0.29, 0.717) is 0 Å². The molecule has 17 heavy (non-hydrogen) atoms. The Kier molecular flexibility index (Phi) is 3.55. The van der Waals surface area contributed by atoms with E-state index in [1.54, 1.807) is 0 Å². The third-order valence-electron chi connectivity index (χ3n) is 2.33. The lowest BCUT2D eigenvalue weighted by Crippen LogP contribution is -2.13. The molecule has 4 N–H and O–H groups in total. The van der Waals surface area contributed by atoms with E-state index in [0.717, 1.165) is 6.07 Å². The molecule has 0 heterocycles. The number of benzene rings is 1. The fraction of sp³-hybridized carbons (Fsp3) is 0.250. The highest BCUT2D eigenvalue weighted by molar-refractivity contribution is 5.77. The molecule has 1 aromatic rings. The average Bonchev–Trinajstić information content (AvgIpc) is 2.27. The maximum Gasteiger partial charge on any atom is 0.304 e. The Morgan fingerprint density at radius 3 is 2.35 bits per heavy atom. The largest absolute Gasteiger partial charge is 0.392 e. The van der Waals surface area contributed by atoms with E-state index in [1.807, 2.05) is 5.43 Å². The summed E-state index contributed by atoms with van der Waals surface area (Å²) in [5, 5.41) is 30.6. The molecule has 9 nitrogen and oxygen atoms in total. The minimum atomic E-state index is -0.805. The number of nitrogens with zero attached hydrogens (tertiary/aromatic N) is 2. The van der Waals surface area contributed by atoms with Gasteiger partial charge in [-0.1, -0.05) is 0 Å². The zero-order chi connectivity index (χ0) is 13.2. The standard InChI is InChI=1S/C8H10N4O5/c1-4-5(3-13)2-6(11(14)15)7(10-9)8(4)12(16)17/h2,10,13H,3,9H2,1H3. The number of nitrogens with two attached hydrogens (primary N) is 1. The Labute approximate surface area is 95.1 Å². The van der Waals surface area contributed by atoms with Gasteiger partial charge in [0, 0.05) is 11.6 Å². The zero-order valence-electron chi connectivity index (χ0n) is 8.84. The van der Waals surface area contributed by atoms with E-state index >= 15 is 0 Å². The number of hydrogen-bond acceptors (Lipinski definition) is 7. The lowest BCUT2D eigenvalue weighted by atomic mass is 10.0. The van der Waals surface area contributed by atoms with Gasteiger partial charge in [0.1, 0.15) is 0 Å². The van der Waals surface area contributed by atoms with Crippen LogP contribution in [0.4, 0.5) is 17.1 Å². The molecule has 0 fully saturated rings. The van der Waals surface area contributed by atoms with Crippen LogP contribution < -0.4 is 11.3 Å². The van der Waals surface area contributed by atoms with Crippen LogP contribution in [0.3, 0.4) is 0 Å². The maximum atomic E-state index is 10.9. The van der Waals surface area contributed by atoms with Gasteiger partial charge in [0.25, 0.3) is 0 Å². The van der Waals surface area contributed by atoms with Crippen molar-refractivity contribution in [1.29, 1.82) is 0 Å². The molecule has 0 aliphatic carbocycles. The van der Waals surface area contributed by atoms with Gasteiger partial charge in [-0.2, -0.15) is 0 Å². The zero-order valence-corrected chi connectivity index (χ0v) is 8.84. The summed E-state index contributed by atoms with van der Waals surface area (Å²) in [6.45, 7) is 0.854. The van der Waals surface area contributed by atoms with E-state index in [-0.39, 0.29) is 16.8 Å². The van der Waals surface area contributed by atoms with E-state index < -0.39 is 27.8 Å². The number of nitro groups is 2.